The van der Waals surface area contributed by atoms with E-state index < -0.39 is 0 Å². The summed E-state index contributed by atoms with van der Waals surface area (Å²) in [6, 6.07) is 0. The van der Waals surface area contributed by atoms with E-state index in [1.807, 2.05) is 0 Å². The number of nitrogens with zero attached hydrogens (tertiary/aromatic N) is 1. The van der Waals surface area contributed by atoms with Gasteiger partial charge < -0.3 is 10.8 Å². The fourth-order valence-corrected chi connectivity index (χ4v) is 4.11. The molecule has 1 unspecified atom stereocenters. The van der Waals surface area contributed by atoms with Crippen LogP contribution in [0.3, 0.4) is 0 Å². The Morgan fingerprint density at radius 3 is 3.12 bits per heavy atom. The van der Waals surface area contributed by atoms with Gasteiger partial charge in [0.25, 0.3) is 5.56 Å². The van der Waals surface area contributed by atoms with Crippen LogP contribution in [0, 0.1) is 4.77 Å². The molecule has 17 heavy (non-hydrogen) atoms. The summed E-state index contributed by atoms with van der Waals surface area (Å²) in [6.07, 6.45) is 3.30. The highest BCUT2D eigenvalue weighted by Gasteiger charge is 2.24. The summed E-state index contributed by atoms with van der Waals surface area (Å²) in [5, 5.41) is 0.743. The molecule has 3 rings (SSSR count). The molecule has 0 aromatic carbocycles. The number of nitrogens with one attached hydrogen (secondary N) is 1. The van der Waals surface area contributed by atoms with Gasteiger partial charge in [-0.25, -0.2) is 0 Å². The fourth-order valence-electron chi connectivity index (χ4n) is 2.53. The molecule has 4 nitrogen and oxygen atoms in total. The molecule has 0 spiro atoms. The molecule has 0 saturated heterocycles. The lowest BCUT2D eigenvalue weighted by Crippen LogP contribution is -2.29. The Bertz CT molecular complexity index is 710. The Kier molecular flexibility index (Phi) is 2.38. The molecule has 2 heterocycles. The predicted octanol–water partition coefficient (Wildman–Crippen LogP) is 2.27. The van der Waals surface area contributed by atoms with Crippen LogP contribution < -0.4 is 11.4 Å². The lowest BCUT2D eigenvalue weighted by atomic mass is 9.90. The van der Waals surface area contributed by atoms with E-state index in [2.05, 4.69) is 11.9 Å². The van der Waals surface area contributed by atoms with Crippen LogP contribution in [0.5, 0.6) is 0 Å². The van der Waals surface area contributed by atoms with Gasteiger partial charge in [-0.2, -0.15) is 4.68 Å². The molecular formula is C11H13N3OS2. The molecule has 1 atom stereocenters. The number of rotatable bonds is 0. The van der Waals surface area contributed by atoms with E-state index in [-0.39, 0.29) is 10.3 Å². The lowest BCUT2D eigenvalue weighted by molar-refractivity contribution is 0.603. The topological polar surface area (TPSA) is 63.8 Å². The van der Waals surface area contributed by atoms with Crippen LogP contribution in [0.1, 0.15) is 36.1 Å². The van der Waals surface area contributed by atoms with E-state index in [0.717, 1.165) is 27.7 Å². The first kappa shape index (κ1) is 11.0. The Balaban J connectivity index is 2.48. The van der Waals surface area contributed by atoms with Gasteiger partial charge in [-0.05, 0) is 43.0 Å². The average molecular weight is 267 g/mol. The third kappa shape index (κ3) is 1.47. The van der Waals surface area contributed by atoms with Crippen molar-refractivity contribution >= 4 is 33.8 Å². The molecule has 0 amide bonds. The number of aryl methyl sites for hydroxylation is 1. The van der Waals surface area contributed by atoms with Crippen molar-refractivity contribution in [2.75, 3.05) is 5.84 Å². The Morgan fingerprint density at radius 2 is 2.35 bits per heavy atom. The van der Waals surface area contributed by atoms with Crippen molar-refractivity contribution in [1.82, 2.24) is 9.66 Å². The van der Waals surface area contributed by atoms with Crippen molar-refractivity contribution in [2.45, 2.75) is 32.1 Å². The van der Waals surface area contributed by atoms with Crippen LogP contribution in [-0.2, 0) is 6.42 Å². The van der Waals surface area contributed by atoms with E-state index in [1.165, 1.54) is 16.9 Å². The van der Waals surface area contributed by atoms with Crippen molar-refractivity contribution in [2.24, 2.45) is 0 Å². The number of aromatic nitrogens is 2. The van der Waals surface area contributed by atoms with Gasteiger partial charge in [0.05, 0.1) is 5.39 Å². The second-order valence-corrected chi connectivity index (χ2v) is 5.99. The highest BCUT2D eigenvalue weighted by Crippen LogP contribution is 2.39. The zero-order valence-electron chi connectivity index (χ0n) is 9.45. The molecule has 0 radical (unpaired) electrons. The monoisotopic (exact) mass is 267 g/mol. The van der Waals surface area contributed by atoms with E-state index in [0.29, 0.717) is 5.92 Å². The van der Waals surface area contributed by atoms with E-state index in [1.54, 1.807) is 11.3 Å². The van der Waals surface area contributed by atoms with E-state index >= 15 is 0 Å². The number of nitrogens with two attached hydrogens (primary N) is 1. The summed E-state index contributed by atoms with van der Waals surface area (Å²) < 4.78 is 1.32. The smallest absolute Gasteiger partial charge is 0.281 e. The number of aromatic amines is 1. The molecule has 0 bridgehead atoms. The minimum absolute atomic E-state index is 0.171. The van der Waals surface area contributed by atoms with Gasteiger partial charge in [0.2, 0.25) is 0 Å². The van der Waals surface area contributed by atoms with Crippen LogP contribution in [0.4, 0.5) is 0 Å². The third-order valence-electron chi connectivity index (χ3n) is 3.42. The van der Waals surface area contributed by atoms with Crippen molar-refractivity contribution in [3.05, 3.63) is 25.6 Å². The molecule has 6 heteroatoms. The molecule has 0 aliphatic heterocycles. The van der Waals surface area contributed by atoms with Crippen LogP contribution in [-0.4, -0.2) is 9.66 Å². The van der Waals surface area contributed by atoms with Crippen LogP contribution in [0.2, 0.25) is 0 Å². The normalized spacial score (nSPS) is 19.5. The number of thiophene rings is 1. The molecule has 3 N–H and O–H groups in total. The van der Waals surface area contributed by atoms with Crippen molar-refractivity contribution < 1.29 is 0 Å². The van der Waals surface area contributed by atoms with E-state index in [4.69, 9.17) is 18.1 Å². The summed E-state index contributed by atoms with van der Waals surface area (Å²) in [6.45, 7) is 2.21. The zero-order chi connectivity index (χ0) is 12.2. The number of hydrogen-bond acceptors (Lipinski definition) is 4. The maximum absolute atomic E-state index is 12.1. The summed E-state index contributed by atoms with van der Waals surface area (Å²) >= 11 is 6.68. The van der Waals surface area contributed by atoms with Crippen LogP contribution in [0.25, 0.3) is 10.2 Å². The molecular weight excluding hydrogens is 254 g/mol. The average Bonchev–Trinajstić information content (AvgIpc) is 2.66. The van der Waals surface area contributed by atoms with Crippen LogP contribution in [0.15, 0.2) is 4.79 Å². The predicted molar refractivity (Wildman–Crippen MR) is 72.8 cm³/mol. The number of hydrogen-bond donors (Lipinski definition) is 2. The molecule has 0 saturated carbocycles. The minimum atomic E-state index is -0.171. The van der Waals surface area contributed by atoms with Gasteiger partial charge >= 0.3 is 0 Å². The quantitative estimate of drug-likeness (QED) is 0.568. The molecule has 1 aliphatic rings. The first-order valence-electron chi connectivity index (χ1n) is 5.65. The molecule has 0 fully saturated rings. The molecule has 1 aliphatic carbocycles. The van der Waals surface area contributed by atoms with Gasteiger partial charge in [0, 0.05) is 4.88 Å². The standard InChI is InChI=1S/C11H13N3OS2/c1-5-3-2-4-6-7-9(17-8(5)6)13-11(16)14(12)10(7)15/h5H,2-4,12H2,1H3,(H,13,16). The number of fused-ring (bicyclic) bond motifs is 3. The summed E-state index contributed by atoms with van der Waals surface area (Å²) in [7, 11) is 0. The second kappa shape index (κ2) is 3.68. The highest BCUT2D eigenvalue weighted by atomic mass is 32.1. The maximum Gasteiger partial charge on any atom is 0.281 e. The van der Waals surface area contributed by atoms with E-state index in [9.17, 15) is 4.79 Å². The number of nitrogen functional groups attached to an aromatic ring is 1. The van der Waals surface area contributed by atoms with Gasteiger partial charge in [-0.1, -0.05) is 6.92 Å². The first-order valence-corrected chi connectivity index (χ1v) is 6.87. The van der Waals surface area contributed by atoms with Gasteiger partial charge in [0.15, 0.2) is 4.77 Å². The zero-order valence-corrected chi connectivity index (χ0v) is 11.1. The minimum Gasteiger partial charge on any atom is -0.334 e. The van der Waals surface area contributed by atoms with Crippen molar-refractivity contribution in [1.29, 1.82) is 0 Å². The third-order valence-corrected chi connectivity index (χ3v) is 5.10. The van der Waals surface area contributed by atoms with Crippen molar-refractivity contribution in [3.63, 3.8) is 0 Å². The Labute approximate surface area is 107 Å². The summed E-state index contributed by atoms with van der Waals surface area (Å²) in [5.41, 5.74) is 1.01. The Morgan fingerprint density at radius 1 is 1.59 bits per heavy atom. The lowest BCUT2D eigenvalue weighted by Gasteiger charge is -2.17. The maximum atomic E-state index is 12.1. The molecule has 2 aromatic rings. The SMILES string of the molecule is CC1CCCc2c1sc1[nH]c(=S)n(N)c(=O)c21. The van der Waals surface area contributed by atoms with Gasteiger partial charge in [-0.15, -0.1) is 11.3 Å². The molecule has 2 aromatic heterocycles. The first-order chi connectivity index (χ1) is 8.09. The Hall–Kier alpha value is -1.14. The fraction of sp³-hybridized carbons (Fsp3) is 0.455. The summed E-state index contributed by atoms with van der Waals surface area (Å²) in [4.78, 5) is 17.4. The second-order valence-electron chi connectivity index (χ2n) is 4.55. The van der Waals surface area contributed by atoms with Gasteiger partial charge in [-0.3, -0.25) is 4.79 Å². The van der Waals surface area contributed by atoms with Gasteiger partial charge in [0.1, 0.15) is 4.83 Å². The summed E-state index contributed by atoms with van der Waals surface area (Å²) in [5.74, 6) is 6.18. The van der Waals surface area contributed by atoms with Crippen LogP contribution >= 0.6 is 23.6 Å². The number of H-pyrrole nitrogens is 1. The molecule has 90 valence electrons. The largest absolute Gasteiger partial charge is 0.334 e. The van der Waals surface area contributed by atoms with Crippen molar-refractivity contribution in [3.8, 4) is 0 Å². The highest BCUT2D eigenvalue weighted by molar-refractivity contribution is 7.71.